The minimum Gasteiger partial charge on any atom is -0.292 e. The van der Waals surface area contributed by atoms with Crippen molar-refractivity contribution in [2.45, 2.75) is 20.3 Å². The Balaban J connectivity index is 1.92. The maximum Gasteiger partial charge on any atom is 0.185 e. The molecule has 0 spiro atoms. The fourth-order valence-electron chi connectivity index (χ4n) is 2.43. The van der Waals surface area contributed by atoms with Crippen molar-refractivity contribution in [1.29, 1.82) is 0 Å². The Hall–Kier alpha value is -2.00. The summed E-state index contributed by atoms with van der Waals surface area (Å²) in [5.41, 5.74) is 3.72. The molecule has 0 saturated heterocycles. The molecule has 0 aliphatic heterocycles. The lowest BCUT2D eigenvalue weighted by atomic mass is 10.0. The highest BCUT2D eigenvalue weighted by molar-refractivity contribution is 7.17. The Morgan fingerprint density at radius 3 is 2.85 bits per heavy atom. The van der Waals surface area contributed by atoms with Crippen LogP contribution in [0.2, 0.25) is 0 Å². The normalized spacial score (nSPS) is 10.9. The summed E-state index contributed by atoms with van der Waals surface area (Å²) in [6.07, 6.45) is 2.17. The van der Waals surface area contributed by atoms with Gasteiger partial charge in [0.05, 0.1) is 0 Å². The molecule has 0 aliphatic rings. The molecule has 3 rings (SSSR count). The molecule has 0 saturated carbocycles. The number of benzene rings is 1. The second-order valence-electron chi connectivity index (χ2n) is 5.04. The Morgan fingerprint density at radius 1 is 1.25 bits per heavy atom. The number of carbonyl (C=O) groups excluding carboxylic acids is 1. The van der Waals surface area contributed by atoms with E-state index in [4.69, 9.17) is 0 Å². The number of aromatic nitrogens is 1. The molecule has 1 aromatic carbocycles. The maximum atomic E-state index is 12.4. The highest BCUT2D eigenvalue weighted by atomic mass is 32.1. The second-order valence-corrected chi connectivity index (χ2v) is 5.95. The van der Waals surface area contributed by atoms with Crippen LogP contribution in [-0.2, 0) is 6.42 Å². The number of hydrogen-bond donors (Lipinski definition) is 0. The first-order chi connectivity index (χ1) is 9.65. The Kier molecular flexibility index (Phi) is 3.36. The topological polar surface area (TPSA) is 30.0 Å². The number of fused-ring (bicyclic) bond motifs is 1. The predicted octanol–water partition coefficient (Wildman–Crippen LogP) is 4.34. The van der Waals surface area contributed by atoms with Crippen molar-refractivity contribution < 1.29 is 4.79 Å². The molecule has 0 unspecified atom stereocenters. The minimum atomic E-state index is 0.0889. The van der Waals surface area contributed by atoms with Crippen LogP contribution in [0.25, 0.3) is 10.1 Å². The van der Waals surface area contributed by atoms with Gasteiger partial charge in [-0.3, -0.25) is 9.78 Å². The van der Waals surface area contributed by atoms with Crippen LogP contribution in [0.5, 0.6) is 0 Å². The molecule has 100 valence electrons. The molecule has 0 N–H and O–H groups in total. The van der Waals surface area contributed by atoms with Gasteiger partial charge in [-0.1, -0.05) is 24.3 Å². The molecular formula is C17H15NOS. The summed E-state index contributed by atoms with van der Waals surface area (Å²) in [7, 11) is 0. The number of pyridine rings is 1. The molecule has 0 fully saturated rings. The van der Waals surface area contributed by atoms with Crippen LogP contribution in [0.1, 0.15) is 27.2 Å². The first-order valence-electron chi connectivity index (χ1n) is 6.56. The molecule has 0 atom stereocenters. The van der Waals surface area contributed by atoms with Gasteiger partial charge in [-0.05, 0) is 47.4 Å². The minimum absolute atomic E-state index is 0.0889. The van der Waals surface area contributed by atoms with Gasteiger partial charge in [0.2, 0.25) is 0 Å². The van der Waals surface area contributed by atoms with E-state index in [0.717, 1.165) is 16.7 Å². The highest BCUT2D eigenvalue weighted by Gasteiger charge is 2.14. The molecule has 3 aromatic rings. The molecule has 0 aliphatic carbocycles. The molecule has 2 aromatic heterocycles. The fourth-order valence-corrected chi connectivity index (χ4v) is 3.40. The van der Waals surface area contributed by atoms with Gasteiger partial charge in [0, 0.05) is 17.3 Å². The summed E-state index contributed by atoms with van der Waals surface area (Å²) in [4.78, 5) is 16.7. The molecular weight excluding hydrogens is 266 g/mol. The maximum absolute atomic E-state index is 12.4. The van der Waals surface area contributed by atoms with Crippen molar-refractivity contribution in [2.24, 2.45) is 0 Å². The zero-order chi connectivity index (χ0) is 14.1. The third-order valence-corrected chi connectivity index (χ3v) is 4.40. The third kappa shape index (κ3) is 2.37. The average molecular weight is 281 g/mol. The molecule has 0 bridgehead atoms. The van der Waals surface area contributed by atoms with Gasteiger partial charge >= 0.3 is 0 Å². The monoisotopic (exact) mass is 281 g/mol. The van der Waals surface area contributed by atoms with Crippen LogP contribution < -0.4 is 0 Å². The van der Waals surface area contributed by atoms with Gasteiger partial charge in [-0.2, -0.15) is 0 Å². The van der Waals surface area contributed by atoms with Gasteiger partial charge in [-0.25, -0.2) is 0 Å². The van der Waals surface area contributed by atoms with E-state index in [9.17, 15) is 4.79 Å². The Labute approximate surface area is 122 Å². The van der Waals surface area contributed by atoms with Gasteiger partial charge in [0.1, 0.15) is 5.69 Å². The largest absolute Gasteiger partial charge is 0.292 e. The quantitative estimate of drug-likeness (QED) is 0.668. The van der Waals surface area contributed by atoms with Crippen LogP contribution in [0.15, 0.2) is 41.9 Å². The van der Waals surface area contributed by atoms with E-state index >= 15 is 0 Å². The van der Waals surface area contributed by atoms with Crippen LogP contribution in [-0.4, -0.2) is 10.8 Å². The first-order valence-corrected chi connectivity index (χ1v) is 7.44. The molecule has 20 heavy (non-hydrogen) atoms. The van der Waals surface area contributed by atoms with Crippen molar-refractivity contribution >= 4 is 27.2 Å². The summed E-state index contributed by atoms with van der Waals surface area (Å²) < 4.78 is 1.23. The number of hydrogen-bond acceptors (Lipinski definition) is 3. The molecule has 2 heterocycles. The Bertz CT molecular complexity index is 789. The number of nitrogens with zero attached hydrogens (tertiary/aromatic N) is 1. The van der Waals surface area contributed by atoms with Crippen molar-refractivity contribution in [3.63, 3.8) is 0 Å². The number of Topliss-reactive ketones (excluding diaryl/α,β-unsaturated/α-hetero) is 1. The van der Waals surface area contributed by atoms with Crippen LogP contribution in [0, 0.1) is 13.8 Å². The lowest BCUT2D eigenvalue weighted by Gasteiger charge is -2.04. The molecule has 0 amide bonds. The number of aryl methyl sites for hydroxylation is 2. The van der Waals surface area contributed by atoms with Gasteiger partial charge in [0.15, 0.2) is 5.78 Å². The average Bonchev–Trinajstić information content (AvgIpc) is 2.82. The van der Waals surface area contributed by atoms with Gasteiger partial charge in [0.25, 0.3) is 0 Å². The summed E-state index contributed by atoms with van der Waals surface area (Å²) in [5.74, 6) is 0.0889. The predicted molar refractivity (Wildman–Crippen MR) is 83.6 cm³/mol. The van der Waals surface area contributed by atoms with Crippen LogP contribution in [0.4, 0.5) is 0 Å². The van der Waals surface area contributed by atoms with Crippen molar-refractivity contribution in [1.82, 2.24) is 4.98 Å². The molecule has 2 nitrogen and oxygen atoms in total. The summed E-state index contributed by atoms with van der Waals surface area (Å²) in [6.45, 7) is 3.93. The van der Waals surface area contributed by atoms with E-state index in [1.165, 1.54) is 10.1 Å². The standard InChI is InChI=1S/C17H15NOS/c1-11-7-12(2)17(18-9-11)15(19)8-13-10-20-16-6-4-3-5-14(13)16/h3-7,9-10H,8H2,1-2H3. The van der Waals surface area contributed by atoms with E-state index in [1.807, 2.05) is 32.0 Å². The lowest BCUT2D eigenvalue weighted by Crippen LogP contribution is -2.08. The number of carbonyl (C=O) groups is 1. The van der Waals surface area contributed by atoms with Crippen LogP contribution >= 0.6 is 11.3 Å². The van der Waals surface area contributed by atoms with E-state index in [1.54, 1.807) is 17.5 Å². The number of ketones is 1. The van der Waals surface area contributed by atoms with E-state index in [2.05, 4.69) is 22.5 Å². The Morgan fingerprint density at radius 2 is 2.05 bits per heavy atom. The lowest BCUT2D eigenvalue weighted by molar-refractivity contribution is 0.0988. The zero-order valence-electron chi connectivity index (χ0n) is 11.5. The summed E-state index contributed by atoms with van der Waals surface area (Å²) >= 11 is 1.69. The first kappa shape index (κ1) is 13.0. The summed E-state index contributed by atoms with van der Waals surface area (Å²) in [5, 5.41) is 3.25. The van der Waals surface area contributed by atoms with Crippen LogP contribution in [0.3, 0.4) is 0 Å². The van der Waals surface area contributed by atoms with Crippen molar-refractivity contribution in [2.75, 3.05) is 0 Å². The second kappa shape index (κ2) is 5.17. The smallest absolute Gasteiger partial charge is 0.185 e. The zero-order valence-corrected chi connectivity index (χ0v) is 12.3. The van der Waals surface area contributed by atoms with Crippen molar-refractivity contribution in [3.8, 4) is 0 Å². The molecule has 0 radical (unpaired) electrons. The number of rotatable bonds is 3. The summed E-state index contributed by atoms with van der Waals surface area (Å²) in [6, 6.07) is 10.2. The molecule has 3 heteroatoms. The third-order valence-electron chi connectivity index (χ3n) is 3.39. The van der Waals surface area contributed by atoms with Crippen molar-refractivity contribution in [3.05, 3.63) is 64.3 Å². The fraction of sp³-hybridized carbons (Fsp3) is 0.176. The van der Waals surface area contributed by atoms with Gasteiger partial charge in [-0.15, -0.1) is 11.3 Å². The highest BCUT2D eigenvalue weighted by Crippen LogP contribution is 2.26. The SMILES string of the molecule is Cc1cnc(C(=O)Cc2csc3ccccc23)c(C)c1. The van der Waals surface area contributed by atoms with E-state index in [-0.39, 0.29) is 5.78 Å². The van der Waals surface area contributed by atoms with E-state index in [0.29, 0.717) is 12.1 Å². The van der Waals surface area contributed by atoms with E-state index < -0.39 is 0 Å². The van der Waals surface area contributed by atoms with Gasteiger partial charge < -0.3 is 0 Å². The number of thiophene rings is 1.